The number of benzene rings is 1. The minimum atomic E-state index is -3.73. The minimum absolute atomic E-state index is 0.0964. The van der Waals surface area contributed by atoms with Crippen molar-refractivity contribution < 1.29 is 22.3 Å². The van der Waals surface area contributed by atoms with Crippen molar-refractivity contribution >= 4 is 16.0 Å². The molecular formula is C21H28FN3O4S. The Morgan fingerprint density at radius 2 is 1.87 bits per heavy atom. The number of nitrogens with one attached hydrogen (secondary N) is 1. The Labute approximate surface area is 176 Å². The molecule has 1 aromatic heterocycles. The highest BCUT2D eigenvalue weighted by atomic mass is 32.2. The van der Waals surface area contributed by atoms with Crippen LogP contribution in [0.2, 0.25) is 0 Å². The molecule has 7 nitrogen and oxygen atoms in total. The Morgan fingerprint density at radius 3 is 2.47 bits per heavy atom. The lowest BCUT2D eigenvalue weighted by molar-refractivity contribution is 0.0589. The van der Waals surface area contributed by atoms with Gasteiger partial charge >= 0.3 is 5.97 Å². The predicted octanol–water partition coefficient (Wildman–Crippen LogP) is 2.45. The van der Waals surface area contributed by atoms with Gasteiger partial charge in [0.25, 0.3) is 0 Å². The molecule has 0 saturated carbocycles. The number of likely N-dealkylation sites (tertiary alicyclic amines) is 1. The van der Waals surface area contributed by atoms with Gasteiger partial charge in [0.05, 0.1) is 7.11 Å². The second-order valence-corrected chi connectivity index (χ2v) is 9.46. The van der Waals surface area contributed by atoms with E-state index >= 15 is 0 Å². The van der Waals surface area contributed by atoms with Crippen LogP contribution < -0.4 is 4.72 Å². The van der Waals surface area contributed by atoms with Crippen LogP contribution in [-0.4, -0.2) is 50.6 Å². The molecule has 0 aliphatic carbocycles. The molecule has 0 spiro atoms. The van der Waals surface area contributed by atoms with Crippen molar-refractivity contribution in [3.63, 3.8) is 0 Å². The standard InChI is InChI=1S/C21H28FN3O4S/c1-15-20(12-19(24(15)2)21(26)29-3)30(27,28)23-13-16-8-10-25(11-9-16)14-17-4-6-18(22)7-5-17/h4-7,12,16,23H,8-11,13-14H2,1-3H3. The van der Waals surface area contributed by atoms with E-state index in [1.54, 1.807) is 26.1 Å². The van der Waals surface area contributed by atoms with Crippen molar-refractivity contribution in [2.24, 2.45) is 13.0 Å². The highest BCUT2D eigenvalue weighted by Crippen LogP contribution is 2.22. The van der Waals surface area contributed by atoms with Gasteiger partial charge in [0.15, 0.2) is 0 Å². The Kier molecular flexibility index (Phi) is 6.95. The predicted molar refractivity (Wildman–Crippen MR) is 111 cm³/mol. The topological polar surface area (TPSA) is 80.6 Å². The van der Waals surface area contributed by atoms with E-state index in [9.17, 15) is 17.6 Å². The molecule has 2 aromatic rings. The summed E-state index contributed by atoms with van der Waals surface area (Å²) in [4.78, 5) is 14.2. The summed E-state index contributed by atoms with van der Waals surface area (Å²) in [6, 6.07) is 7.87. The van der Waals surface area contributed by atoms with Crippen molar-refractivity contribution in [1.82, 2.24) is 14.2 Å². The van der Waals surface area contributed by atoms with Crippen LogP contribution >= 0.6 is 0 Å². The summed E-state index contributed by atoms with van der Waals surface area (Å²) < 4.78 is 47.5. The van der Waals surface area contributed by atoms with Crippen LogP contribution in [0.1, 0.15) is 34.6 Å². The van der Waals surface area contributed by atoms with Gasteiger partial charge in [-0.25, -0.2) is 22.3 Å². The molecule has 3 rings (SSSR count). The molecule has 0 bridgehead atoms. The first-order chi connectivity index (χ1) is 14.2. The summed E-state index contributed by atoms with van der Waals surface area (Å²) in [6.45, 7) is 4.50. The molecule has 0 radical (unpaired) electrons. The minimum Gasteiger partial charge on any atom is -0.464 e. The number of carbonyl (C=O) groups excluding carboxylic acids is 1. The molecule has 1 fully saturated rings. The third-order valence-electron chi connectivity index (χ3n) is 5.76. The van der Waals surface area contributed by atoms with Gasteiger partial charge in [-0.2, -0.15) is 0 Å². The Hall–Kier alpha value is -2.23. The van der Waals surface area contributed by atoms with Crippen LogP contribution in [-0.2, 0) is 28.4 Å². The quantitative estimate of drug-likeness (QED) is 0.673. The molecule has 0 amide bonds. The highest BCUT2D eigenvalue weighted by molar-refractivity contribution is 7.89. The van der Waals surface area contributed by atoms with E-state index in [4.69, 9.17) is 4.74 Å². The number of methoxy groups -OCH3 is 1. The van der Waals surface area contributed by atoms with Gasteiger partial charge in [0, 0.05) is 25.8 Å². The van der Waals surface area contributed by atoms with Crippen molar-refractivity contribution in [3.05, 3.63) is 53.1 Å². The number of hydrogen-bond donors (Lipinski definition) is 1. The van der Waals surface area contributed by atoms with E-state index in [-0.39, 0.29) is 22.3 Å². The second kappa shape index (κ2) is 9.28. The largest absolute Gasteiger partial charge is 0.464 e. The SMILES string of the molecule is COC(=O)c1cc(S(=O)(=O)NCC2CCN(Cc3ccc(F)cc3)CC2)c(C)n1C. The molecule has 1 aliphatic heterocycles. The number of carbonyl (C=O) groups is 1. The van der Waals surface area contributed by atoms with Gasteiger partial charge in [0.2, 0.25) is 10.0 Å². The second-order valence-electron chi connectivity index (χ2n) is 7.73. The first kappa shape index (κ1) is 22.5. The zero-order valence-electron chi connectivity index (χ0n) is 17.5. The van der Waals surface area contributed by atoms with Crippen LogP contribution in [0.3, 0.4) is 0 Å². The molecule has 1 aromatic carbocycles. The number of aromatic nitrogens is 1. The molecule has 2 heterocycles. The van der Waals surface area contributed by atoms with Crippen LogP contribution in [0.5, 0.6) is 0 Å². The van der Waals surface area contributed by atoms with Crippen LogP contribution in [0.25, 0.3) is 0 Å². The maximum absolute atomic E-state index is 13.0. The lowest BCUT2D eigenvalue weighted by Crippen LogP contribution is -2.38. The Bertz CT molecular complexity index is 994. The number of halogens is 1. The first-order valence-corrected chi connectivity index (χ1v) is 11.4. The van der Waals surface area contributed by atoms with Crippen molar-refractivity contribution in [1.29, 1.82) is 0 Å². The zero-order valence-corrected chi connectivity index (χ0v) is 18.3. The third-order valence-corrected chi connectivity index (χ3v) is 7.30. The van der Waals surface area contributed by atoms with Gasteiger partial charge < -0.3 is 9.30 Å². The van der Waals surface area contributed by atoms with Gasteiger partial charge in [-0.15, -0.1) is 0 Å². The fourth-order valence-electron chi connectivity index (χ4n) is 3.75. The van der Waals surface area contributed by atoms with E-state index < -0.39 is 16.0 Å². The fourth-order valence-corrected chi connectivity index (χ4v) is 5.15. The highest BCUT2D eigenvalue weighted by Gasteiger charge is 2.26. The Morgan fingerprint density at radius 1 is 1.23 bits per heavy atom. The summed E-state index contributed by atoms with van der Waals surface area (Å²) in [6.07, 6.45) is 1.76. The maximum atomic E-state index is 13.0. The molecular weight excluding hydrogens is 409 g/mol. The third kappa shape index (κ3) is 5.08. The number of nitrogens with zero attached hydrogens (tertiary/aromatic N) is 2. The number of esters is 1. The molecule has 30 heavy (non-hydrogen) atoms. The van der Waals surface area contributed by atoms with Crippen LogP contribution in [0.4, 0.5) is 4.39 Å². The first-order valence-electron chi connectivity index (χ1n) is 9.92. The number of ether oxygens (including phenoxy) is 1. The van der Waals surface area contributed by atoms with E-state index in [1.807, 2.05) is 0 Å². The number of hydrogen-bond acceptors (Lipinski definition) is 5. The van der Waals surface area contributed by atoms with Gasteiger partial charge in [-0.1, -0.05) is 12.1 Å². The van der Waals surface area contributed by atoms with Gasteiger partial charge in [-0.3, -0.25) is 4.90 Å². The molecule has 164 valence electrons. The fraction of sp³-hybridized carbons (Fsp3) is 0.476. The number of sulfonamides is 1. The smallest absolute Gasteiger partial charge is 0.354 e. The van der Waals surface area contributed by atoms with Crippen molar-refractivity contribution in [2.45, 2.75) is 31.2 Å². The van der Waals surface area contributed by atoms with Crippen LogP contribution in [0.15, 0.2) is 35.2 Å². The van der Waals surface area contributed by atoms with E-state index in [0.717, 1.165) is 38.0 Å². The lowest BCUT2D eigenvalue weighted by Gasteiger charge is -2.32. The van der Waals surface area contributed by atoms with Gasteiger partial charge in [-0.05, 0) is 62.5 Å². The van der Waals surface area contributed by atoms with Crippen molar-refractivity contribution in [2.75, 3.05) is 26.7 Å². The van der Waals surface area contributed by atoms with E-state index in [0.29, 0.717) is 12.2 Å². The summed E-state index contributed by atoms with van der Waals surface area (Å²) in [5.74, 6) is -0.569. The molecule has 9 heteroatoms. The lowest BCUT2D eigenvalue weighted by atomic mass is 9.97. The maximum Gasteiger partial charge on any atom is 0.354 e. The monoisotopic (exact) mass is 437 g/mol. The Balaban J connectivity index is 1.55. The van der Waals surface area contributed by atoms with E-state index in [2.05, 4.69) is 9.62 Å². The molecule has 1 saturated heterocycles. The van der Waals surface area contributed by atoms with Crippen molar-refractivity contribution in [3.8, 4) is 0 Å². The van der Waals surface area contributed by atoms with E-state index in [1.165, 1.54) is 29.9 Å². The van der Waals surface area contributed by atoms with Gasteiger partial charge in [0.1, 0.15) is 16.4 Å². The average Bonchev–Trinajstić information content (AvgIpc) is 3.04. The molecule has 0 atom stereocenters. The summed E-state index contributed by atoms with van der Waals surface area (Å²) in [5.41, 5.74) is 1.75. The summed E-state index contributed by atoms with van der Waals surface area (Å²) in [7, 11) is -0.828. The van der Waals surface area contributed by atoms with Crippen LogP contribution in [0, 0.1) is 18.7 Å². The molecule has 1 N–H and O–H groups in total. The molecule has 1 aliphatic rings. The number of piperidine rings is 1. The summed E-state index contributed by atoms with van der Waals surface area (Å²) >= 11 is 0. The average molecular weight is 438 g/mol. The summed E-state index contributed by atoms with van der Waals surface area (Å²) in [5, 5.41) is 0. The molecule has 0 unspecified atom stereocenters. The normalized spacial score (nSPS) is 16.0. The zero-order chi connectivity index (χ0) is 21.9. The number of rotatable bonds is 7.